The summed E-state index contributed by atoms with van der Waals surface area (Å²) >= 11 is 0.916. The van der Waals surface area contributed by atoms with Crippen LogP contribution in [0.1, 0.15) is 37.7 Å². The normalized spacial score (nSPS) is 11.3. The van der Waals surface area contributed by atoms with Crippen LogP contribution in [0.25, 0.3) is 0 Å². The molecule has 38 heavy (non-hydrogen) atoms. The molecule has 3 aromatic rings. The Kier molecular flexibility index (Phi) is 9.22. The third-order valence-corrected chi connectivity index (χ3v) is 6.29. The number of thiazole rings is 1. The summed E-state index contributed by atoms with van der Waals surface area (Å²) in [4.78, 5) is 54.2. The lowest BCUT2D eigenvalue weighted by Gasteiger charge is -2.17. The van der Waals surface area contributed by atoms with Gasteiger partial charge in [-0.2, -0.15) is 0 Å². The van der Waals surface area contributed by atoms with E-state index in [1.54, 1.807) is 25.1 Å². The highest BCUT2D eigenvalue weighted by atomic mass is 32.1. The summed E-state index contributed by atoms with van der Waals surface area (Å²) in [6.45, 7) is 1.22. The number of benzene rings is 2. The first-order chi connectivity index (χ1) is 18.0. The molecule has 1 heterocycles. The number of ether oxygens (including phenoxy) is 1. The van der Waals surface area contributed by atoms with Crippen LogP contribution in [0.2, 0.25) is 0 Å². The number of amides is 3. The number of hydrogen-bond donors (Lipinski definition) is 6. The number of nitrogens with one attached hydrogen (secondary N) is 3. The number of phenolic OH excluding ortho intramolecular Hbond substituents is 3. The van der Waals surface area contributed by atoms with Gasteiger partial charge in [-0.25, -0.2) is 9.78 Å². The molecule has 12 nitrogen and oxygen atoms in total. The largest absolute Gasteiger partial charge is 0.508 e. The molecule has 200 valence electrons. The van der Waals surface area contributed by atoms with E-state index in [0.29, 0.717) is 12.1 Å². The molecule has 0 unspecified atom stereocenters. The maximum absolute atomic E-state index is 12.9. The Bertz CT molecular complexity index is 1340. The van der Waals surface area contributed by atoms with Gasteiger partial charge in [0.15, 0.2) is 5.13 Å². The quantitative estimate of drug-likeness (QED) is 0.208. The SMILES string of the molecule is COC(=O)[C@H](CNC(=O)c1cc(O)cc(O)c1)NC(=O)c1sc(NC(=O)CCc2cccc(O)c2)nc1C. The Labute approximate surface area is 221 Å². The Morgan fingerprint density at radius 1 is 1.00 bits per heavy atom. The number of methoxy groups -OCH3 is 1. The maximum atomic E-state index is 12.9. The van der Waals surface area contributed by atoms with E-state index < -0.39 is 23.8 Å². The van der Waals surface area contributed by atoms with Crippen molar-refractivity contribution in [3.8, 4) is 17.2 Å². The minimum atomic E-state index is -1.26. The molecule has 0 radical (unpaired) electrons. The average Bonchev–Trinajstić information content (AvgIpc) is 3.23. The van der Waals surface area contributed by atoms with Crippen LogP contribution in [-0.2, 0) is 20.7 Å². The van der Waals surface area contributed by atoms with E-state index in [4.69, 9.17) is 4.74 Å². The standard InChI is InChI=1S/C25H26N4O8S/c1-13-21(38-25(27-13)29-20(33)7-6-14-4-3-5-16(30)8-14)23(35)28-19(24(36)37-2)12-26-22(34)15-9-17(31)11-18(32)10-15/h3-5,8-11,19,30-32H,6-7,12H2,1-2H3,(H,26,34)(H,28,35)(H,27,29,33)/t19-/m0/s1. The smallest absolute Gasteiger partial charge is 0.330 e. The van der Waals surface area contributed by atoms with E-state index >= 15 is 0 Å². The second-order valence-electron chi connectivity index (χ2n) is 8.15. The Morgan fingerprint density at radius 2 is 1.71 bits per heavy atom. The van der Waals surface area contributed by atoms with Gasteiger partial charge in [-0.3, -0.25) is 14.4 Å². The molecule has 0 spiro atoms. The number of aryl methyl sites for hydroxylation is 2. The van der Waals surface area contributed by atoms with Gasteiger partial charge in [-0.15, -0.1) is 0 Å². The van der Waals surface area contributed by atoms with Crippen molar-refractivity contribution in [3.05, 3.63) is 64.2 Å². The molecule has 0 aliphatic carbocycles. The van der Waals surface area contributed by atoms with Crippen molar-refractivity contribution in [2.45, 2.75) is 25.8 Å². The van der Waals surface area contributed by atoms with Crippen LogP contribution in [0.5, 0.6) is 17.2 Å². The van der Waals surface area contributed by atoms with Gasteiger partial charge in [0.05, 0.1) is 12.8 Å². The fourth-order valence-corrected chi connectivity index (χ4v) is 4.28. The monoisotopic (exact) mass is 542 g/mol. The van der Waals surface area contributed by atoms with Gasteiger partial charge in [0.25, 0.3) is 11.8 Å². The highest BCUT2D eigenvalue weighted by molar-refractivity contribution is 7.17. The molecule has 0 aliphatic rings. The average molecular weight is 543 g/mol. The van der Waals surface area contributed by atoms with Crippen LogP contribution in [0.3, 0.4) is 0 Å². The second-order valence-corrected chi connectivity index (χ2v) is 9.15. The summed E-state index contributed by atoms with van der Waals surface area (Å²) in [6, 6.07) is 8.62. The fraction of sp³-hybridized carbons (Fsp3) is 0.240. The molecule has 0 saturated heterocycles. The van der Waals surface area contributed by atoms with Crippen LogP contribution < -0.4 is 16.0 Å². The number of aromatic nitrogens is 1. The van der Waals surface area contributed by atoms with Crippen LogP contribution >= 0.6 is 11.3 Å². The van der Waals surface area contributed by atoms with E-state index in [2.05, 4.69) is 20.9 Å². The Balaban J connectivity index is 1.60. The minimum absolute atomic E-state index is 0.0554. The lowest BCUT2D eigenvalue weighted by molar-refractivity contribution is -0.142. The predicted octanol–water partition coefficient (Wildman–Crippen LogP) is 1.84. The van der Waals surface area contributed by atoms with E-state index in [1.165, 1.54) is 6.07 Å². The lowest BCUT2D eigenvalue weighted by Crippen LogP contribution is -2.49. The van der Waals surface area contributed by atoms with Gasteiger partial charge in [0.2, 0.25) is 5.91 Å². The molecule has 6 N–H and O–H groups in total. The Hall–Kier alpha value is -4.65. The topological polar surface area (TPSA) is 187 Å². The van der Waals surface area contributed by atoms with E-state index in [0.717, 1.165) is 42.2 Å². The van der Waals surface area contributed by atoms with E-state index in [1.807, 2.05) is 0 Å². The van der Waals surface area contributed by atoms with Crippen molar-refractivity contribution in [3.63, 3.8) is 0 Å². The predicted molar refractivity (Wildman–Crippen MR) is 137 cm³/mol. The van der Waals surface area contributed by atoms with Gasteiger partial charge >= 0.3 is 5.97 Å². The molecule has 1 aromatic heterocycles. The van der Waals surface area contributed by atoms with Crippen molar-refractivity contribution in [2.75, 3.05) is 19.0 Å². The first-order valence-electron chi connectivity index (χ1n) is 11.3. The molecule has 0 aliphatic heterocycles. The summed E-state index contributed by atoms with van der Waals surface area (Å²) in [5.74, 6) is -3.06. The molecule has 13 heteroatoms. The highest BCUT2D eigenvalue weighted by Crippen LogP contribution is 2.23. The van der Waals surface area contributed by atoms with Gasteiger partial charge in [-0.1, -0.05) is 23.5 Å². The zero-order chi connectivity index (χ0) is 27.8. The van der Waals surface area contributed by atoms with Crippen molar-refractivity contribution in [1.82, 2.24) is 15.6 Å². The van der Waals surface area contributed by atoms with Crippen molar-refractivity contribution in [2.24, 2.45) is 0 Å². The van der Waals surface area contributed by atoms with Gasteiger partial charge in [0.1, 0.15) is 28.2 Å². The minimum Gasteiger partial charge on any atom is -0.508 e. The van der Waals surface area contributed by atoms with E-state index in [-0.39, 0.29) is 51.7 Å². The summed E-state index contributed by atoms with van der Waals surface area (Å²) in [5, 5.41) is 36.4. The van der Waals surface area contributed by atoms with Crippen LogP contribution in [0.15, 0.2) is 42.5 Å². The number of nitrogens with zero attached hydrogens (tertiary/aromatic N) is 1. The van der Waals surface area contributed by atoms with Crippen LogP contribution in [0.4, 0.5) is 5.13 Å². The molecule has 0 saturated carbocycles. The van der Waals surface area contributed by atoms with E-state index in [9.17, 15) is 34.5 Å². The summed E-state index contributed by atoms with van der Waals surface area (Å²) in [7, 11) is 1.12. The number of carbonyl (C=O) groups is 4. The van der Waals surface area contributed by atoms with Gasteiger partial charge < -0.3 is 36.0 Å². The molecule has 3 rings (SSSR count). The van der Waals surface area contributed by atoms with Crippen molar-refractivity contribution < 1.29 is 39.2 Å². The Morgan fingerprint density at radius 3 is 2.37 bits per heavy atom. The van der Waals surface area contributed by atoms with Crippen molar-refractivity contribution >= 4 is 40.2 Å². The highest BCUT2D eigenvalue weighted by Gasteiger charge is 2.26. The maximum Gasteiger partial charge on any atom is 0.330 e. The molecule has 2 aromatic carbocycles. The zero-order valence-corrected chi connectivity index (χ0v) is 21.3. The molecule has 0 bridgehead atoms. The zero-order valence-electron chi connectivity index (χ0n) is 20.5. The molecular formula is C25H26N4O8S. The number of aromatic hydroxyl groups is 3. The first-order valence-corrected chi connectivity index (χ1v) is 12.1. The van der Waals surface area contributed by atoms with Crippen molar-refractivity contribution in [1.29, 1.82) is 0 Å². The summed E-state index contributed by atoms with van der Waals surface area (Å²) in [5.41, 5.74) is 1.05. The first kappa shape index (κ1) is 27.9. The van der Waals surface area contributed by atoms with Gasteiger partial charge in [0, 0.05) is 24.6 Å². The summed E-state index contributed by atoms with van der Waals surface area (Å²) < 4.78 is 4.71. The third kappa shape index (κ3) is 7.67. The van der Waals surface area contributed by atoms with Crippen LogP contribution in [0, 0.1) is 6.92 Å². The fourth-order valence-electron chi connectivity index (χ4n) is 3.39. The third-order valence-electron chi connectivity index (χ3n) is 5.22. The number of rotatable bonds is 10. The number of hydrogen-bond acceptors (Lipinski definition) is 10. The van der Waals surface area contributed by atoms with Crippen LogP contribution in [-0.4, -0.2) is 63.7 Å². The molecule has 3 amide bonds. The number of anilines is 1. The number of phenols is 3. The molecule has 1 atom stereocenters. The molecular weight excluding hydrogens is 516 g/mol. The second kappa shape index (κ2) is 12.5. The lowest BCUT2D eigenvalue weighted by atomic mass is 10.1. The number of esters is 1. The van der Waals surface area contributed by atoms with Gasteiger partial charge in [-0.05, 0) is 43.2 Å². The summed E-state index contributed by atoms with van der Waals surface area (Å²) in [6.07, 6.45) is 0.525. The number of carbonyl (C=O) groups excluding carboxylic acids is 4. The molecule has 0 fully saturated rings.